The fourth-order valence-electron chi connectivity index (χ4n) is 2.84. The molecule has 8 nitrogen and oxygen atoms in total. The van der Waals surface area contributed by atoms with Gasteiger partial charge in [-0.1, -0.05) is 68.4 Å². The number of nitrogens with one attached hydrogen (secondary N) is 1. The van der Waals surface area contributed by atoms with Gasteiger partial charge >= 0.3 is 13.8 Å². The van der Waals surface area contributed by atoms with Crippen LogP contribution in [-0.4, -0.2) is 38.9 Å². The van der Waals surface area contributed by atoms with Gasteiger partial charge in [-0.05, 0) is 51.9 Å². The molecule has 0 fully saturated rings. The van der Waals surface area contributed by atoms with Gasteiger partial charge in [-0.25, -0.2) is 9.36 Å². The molecule has 0 saturated heterocycles. The van der Waals surface area contributed by atoms with Crippen molar-refractivity contribution in [3.05, 3.63) is 48.6 Å². The molecule has 4 N–H and O–H groups in total. The first-order valence-corrected chi connectivity index (χ1v) is 13.1. The number of hydrogen-bond donors (Lipinski definition) is 4. The molecule has 0 bridgehead atoms. The van der Waals surface area contributed by atoms with E-state index in [1.165, 1.54) is 26.2 Å². The second-order valence-corrected chi connectivity index (χ2v) is 8.86. The minimum Gasteiger partial charge on any atom is -0.480 e. The minimum atomic E-state index is -4.85. The van der Waals surface area contributed by atoms with Gasteiger partial charge in [0.15, 0.2) is 6.04 Å². The molecule has 0 aliphatic rings. The first-order chi connectivity index (χ1) is 15.7. The Labute approximate surface area is 197 Å². The third-order valence-corrected chi connectivity index (χ3v) is 5.19. The first kappa shape index (κ1) is 31.0. The van der Waals surface area contributed by atoms with E-state index in [1.807, 2.05) is 12.2 Å². The highest BCUT2D eigenvalue weighted by Gasteiger charge is 2.32. The minimum absolute atomic E-state index is 0.102. The summed E-state index contributed by atoms with van der Waals surface area (Å²) in [7, 11) is -4.85. The highest BCUT2D eigenvalue weighted by Crippen LogP contribution is 2.38. The summed E-state index contributed by atoms with van der Waals surface area (Å²) in [5.41, 5.74) is 0. The van der Waals surface area contributed by atoms with Crippen LogP contribution in [0.2, 0.25) is 0 Å². The lowest BCUT2D eigenvalue weighted by Crippen LogP contribution is -2.48. The lowest BCUT2D eigenvalue weighted by molar-refractivity contribution is -0.144. The van der Waals surface area contributed by atoms with Crippen molar-refractivity contribution in [1.82, 2.24) is 5.32 Å². The summed E-state index contributed by atoms with van der Waals surface area (Å²) in [6.07, 6.45) is 24.5. The van der Waals surface area contributed by atoms with Crippen LogP contribution in [0.5, 0.6) is 0 Å². The smallest absolute Gasteiger partial charge is 0.469 e. The van der Waals surface area contributed by atoms with E-state index < -0.39 is 31.8 Å². The molecule has 0 unspecified atom stereocenters. The van der Waals surface area contributed by atoms with Crippen LogP contribution >= 0.6 is 7.82 Å². The topological polar surface area (TPSA) is 133 Å². The monoisotopic (exact) mass is 485 g/mol. The maximum Gasteiger partial charge on any atom is 0.469 e. The first-order valence-electron chi connectivity index (χ1n) is 11.5. The molecule has 1 amide bonds. The van der Waals surface area contributed by atoms with Crippen LogP contribution in [0.4, 0.5) is 0 Å². The molecule has 2 atom stereocenters. The standard InChI is InChI=1S/C24H40NO7P/c1-3-4-5-6-7-8-9-10-11-12-13-14-15-16-17-18-19-20-22(26)25-23(24(27)28)21(2)32-33(29,30)31/h7-8,10-11,13-14,16-17,21,23H,3-6,9,12,15,18-20H2,1-2H3,(H,25,26)(H,27,28)(H2,29,30,31)/b8-7-,11-10-,14-13-,17-16-/t21-,23+/m1/s1. The Bertz CT molecular complexity index is 710. The maximum absolute atomic E-state index is 11.9. The predicted octanol–water partition coefficient (Wildman–Crippen LogP) is 5.20. The molecular weight excluding hydrogens is 445 g/mol. The van der Waals surface area contributed by atoms with Gasteiger partial charge in [-0.3, -0.25) is 9.32 Å². The predicted molar refractivity (Wildman–Crippen MR) is 131 cm³/mol. The van der Waals surface area contributed by atoms with E-state index in [2.05, 4.69) is 53.2 Å². The van der Waals surface area contributed by atoms with E-state index in [1.54, 1.807) is 0 Å². The Hall–Kier alpha value is -1.99. The molecule has 0 aromatic rings. The average Bonchev–Trinajstić information content (AvgIpc) is 2.72. The lowest BCUT2D eigenvalue weighted by Gasteiger charge is -2.21. The Morgan fingerprint density at radius 2 is 1.36 bits per heavy atom. The fourth-order valence-corrected chi connectivity index (χ4v) is 3.40. The number of phosphoric ester groups is 1. The highest BCUT2D eigenvalue weighted by molar-refractivity contribution is 7.46. The number of carboxylic acids is 1. The van der Waals surface area contributed by atoms with E-state index in [4.69, 9.17) is 14.9 Å². The van der Waals surface area contributed by atoms with Crippen molar-refractivity contribution in [2.45, 2.75) is 90.2 Å². The Balaban J connectivity index is 3.95. The van der Waals surface area contributed by atoms with Crippen molar-refractivity contribution in [1.29, 1.82) is 0 Å². The van der Waals surface area contributed by atoms with Gasteiger partial charge in [0.1, 0.15) is 0 Å². The third kappa shape index (κ3) is 20.4. The Morgan fingerprint density at radius 3 is 1.82 bits per heavy atom. The van der Waals surface area contributed by atoms with Gasteiger partial charge in [-0.2, -0.15) is 0 Å². The number of aliphatic carboxylic acids is 1. The third-order valence-electron chi connectivity index (χ3n) is 4.59. The van der Waals surface area contributed by atoms with E-state index in [-0.39, 0.29) is 6.42 Å². The molecule has 33 heavy (non-hydrogen) atoms. The van der Waals surface area contributed by atoms with Gasteiger partial charge in [0.05, 0.1) is 6.10 Å². The van der Waals surface area contributed by atoms with Crippen LogP contribution in [0.25, 0.3) is 0 Å². The van der Waals surface area contributed by atoms with E-state index in [9.17, 15) is 14.2 Å². The summed E-state index contributed by atoms with van der Waals surface area (Å²) in [4.78, 5) is 40.7. The van der Waals surface area contributed by atoms with Crippen molar-refractivity contribution >= 4 is 19.7 Å². The lowest BCUT2D eigenvalue weighted by atomic mass is 10.1. The van der Waals surface area contributed by atoms with Crippen molar-refractivity contribution in [2.24, 2.45) is 0 Å². The van der Waals surface area contributed by atoms with Gasteiger partial charge in [-0.15, -0.1) is 0 Å². The van der Waals surface area contributed by atoms with Crippen molar-refractivity contribution in [2.75, 3.05) is 0 Å². The normalized spacial score (nSPS) is 14.5. The number of phosphoric acid groups is 1. The number of carbonyl (C=O) groups is 2. The van der Waals surface area contributed by atoms with Crippen LogP contribution in [0.3, 0.4) is 0 Å². The molecule has 0 aromatic heterocycles. The zero-order valence-electron chi connectivity index (χ0n) is 19.8. The van der Waals surface area contributed by atoms with Crippen LogP contribution in [0.1, 0.15) is 78.1 Å². The summed E-state index contributed by atoms with van der Waals surface area (Å²) in [5, 5.41) is 11.4. The molecule has 0 aliphatic carbocycles. The fraction of sp³-hybridized carbons (Fsp3) is 0.583. The van der Waals surface area contributed by atoms with Crippen molar-refractivity contribution in [3.8, 4) is 0 Å². The van der Waals surface area contributed by atoms with Crippen LogP contribution in [0, 0.1) is 0 Å². The van der Waals surface area contributed by atoms with Gasteiger partial charge < -0.3 is 20.2 Å². The molecular formula is C24H40NO7P. The quantitative estimate of drug-likeness (QED) is 0.112. The van der Waals surface area contributed by atoms with Gasteiger partial charge in [0.2, 0.25) is 5.91 Å². The number of unbranched alkanes of at least 4 members (excludes halogenated alkanes) is 4. The highest BCUT2D eigenvalue weighted by atomic mass is 31.2. The summed E-state index contributed by atoms with van der Waals surface area (Å²) >= 11 is 0. The molecule has 0 aliphatic heterocycles. The van der Waals surface area contributed by atoms with Crippen LogP contribution in [-0.2, 0) is 18.7 Å². The van der Waals surface area contributed by atoms with Gasteiger partial charge in [0.25, 0.3) is 0 Å². The number of carbonyl (C=O) groups excluding carboxylic acids is 1. The number of amides is 1. The molecule has 0 aromatic carbocycles. The van der Waals surface area contributed by atoms with Crippen LogP contribution < -0.4 is 5.32 Å². The summed E-state index contributed by atoms with van der Waals surface area (Å²) < 4.78 is 15.2. The van der Waals surface area contributed by atoms with E-state index in [0.29, 0.717) is 12.8 Å². The zero-order valence-corrected chi connectivity index (χ0v) is 20.7. The second kappa shape index (κ2) is 19.5. The zero-order chi connectivity index (χ0) is 25.0. The second-order valence-electron chi connectivity index (χ2n) is 7.67. The Morgan fingerprint density at radius 1 is 0.879 bits per heavy atom. The molecule has 0 rings (SSSR count). The number of allylic oxidation sites excluding steroid dienone is 8. The average molecular weight is 486 g/mol. The van der Waals surface area contributed by atoms with E-state index >= 15 is 0 Å². The molecule has 0 radical (unpaired) electrons. The summed E-state index contributed by atoms with van der Waals surface area (Å²) in [6, 6.07) is -1.54. The van der Waals surface area contributed by atoms with Crippen molar-refractivity contribution in [3.63, 3.8) is 0 Å². The molecule has 0 spiro atoms. The molecule has 0 heterocycles. The molecule has 0 saturated carbocycles. The SMILES string of the molecule is CCCCC/C=C\C/C=C\C/C=C\C/C=C\CCCC(=O)N[C@H](C(=O)O)[C@@H](C)OP(=O)(O)O. The van der Waals surface area contributed by atoms with E-state index in [0.717, 1.165) is 25.7 Å². The molecule has 9 heteroatoms. The van der Waals surface area contributed by atoms with Gasteiger partial charge in [0, 0.05) is 6.42 Å². The number of carboxylic acid groups (broad SMARTS) is 1. The maximum atomic E-state index is 11.9. The number of hydrogen-bond acceptors (Lipinski definition) is 4. The van der Waals surface area contributed by atoms with Crippen molar-refractivity contribution < 1.29 is 33.6 Å². The Kier molecular flexibility index (Phi) is 18.3. The largest absolute Gasteiger partial charge is 0.480 e. The van der Waals surface area contributed by atoms with Crippen LogP contribution in [0.15, 0.2) is 48.6 Å². The summed E-state index contributed by atoms with van der Waals surface area (Å²) in [6.45, 7) is 3.38. The number of rotatable bonds is 19. The molecule has 188 valence electrons. The summed E-state index contributed by atoms with van der Waals surface area (Å²) in [5.74, 6) is -1.94.